The highest BCUT2D eigenvalue weighted by Gasteiger charge is 2.01. The topological polar surface area (TPSA) is 12.0 Å². The summed E-state index contributed by atoms with van der Waals surface area (Å²) < 4.78 is 0. The van der Waals surface area contributed by atoms with E-state index in [-0.39, 0.29) is 0 Å². The van der Waals surface area contributed by atoms with Gasteiger partial charge in [0.15, 0.2) is 0 Å². The molecule has 0 aliphatic carbocycles. The number of hydrogen-bond donors (Lipinski definition) is 1. The molecule has 0 unspecified atom stereocenters. The van der Waals surface area contributed by atoms with Gasteiger partial charge in [0.2, 0.25) is 0 Å². The van der Waals surface area contributed by atoms with E-state index in [0.29, 0.717) is 0 Å². The first-order chi connectivity index (χ1) is 8.16. The molecular formula is C16H19N. The van der Waals surface area contributed by atoms with Crippen LogP contribution in [0.3, 0.4) is 0 Å². The molecule has 0 aromatic heterocycles. The minimum Gasteiger partial charge on any atom is -0.381 e. The lowest BCUT2D eigenvalue weighted by atomic mass is 10.0. The van der Waals surface area contributed by atoms with E-state index in [1.807, 2.05) is 6.07 Å². The van der Waals surface area contributed by atoms with Crippen LogP contribution in [0.4, 0.5) is 5.69 Å². The van der Waals surface area contributed by atoms with Crippen LogP contribution in [0.25, 0.3) is 0 Å². The fraction of sp³-hybridized carbons (Fsp3) is 0.250. The maximum absolute atomic E-state index is 3.50. The number of nitrogens with one attached hydrogen (secondary N) is 1. The first kappa shape index (κ1) is 11.7. The minimum absolute atomic E-state index is 0.879. The summed E-state index contributed by atoms with van der Waals surface area (Å²) >= 11 is 0. The van der Waals surface area contributed by atoms with E-state index in [2.05, 4.69) is 62.5 Å². The van der Waals surface area contributed by atoms with Crippen molar-refractivity contribution in [2.24, 2.45) is 0 Å². The molecule has 1 nitrogen and oxygen atoms in total. The first-order valence-corrected chi connectivity index (χ1v) is 6.02. The highest BCUT2D eigenvalue weighted by molar-refractivity contribution is 5.55. The van der Waals surface area contributed by atoms with E-state index in [4.69, 9.17) is 0 Å². The van der Waals surface area contributed by atoms with E-state index in [1.54, 1.807) is 0 Å². The van der Waals surface area contributed by atoms with Gasteiger partial charge in [-0.2, -0.15) is 0 Å². The lowest BCUT2D eigenvalue weighted by Crippen LogP contribution is -2.01. The van der Waals surface area contributed by atoms with Crippen molar-refractivity contribution in [3.05, 3.63) is 64.7 Å². The summed E-state index contributed by atoms with van der Waals surface area (Å²) in [4.78, 5) is 0. The molecule has 2 aromatic rings. The summed E-state index contributed by atoms with van der Waals surface area (Å²) in [5, 5.41) is 3.50. The van der Waals surface area contributed by atoms with E-state index in [9.17, 15) is 0 Å². The molecule has 0 radical (unpaired) electrons. The Morgan fingerprint density at radius 2 is 1.47 bits per heavy atom. The number of aryl methyl sites for hydroxylation is 3. The van der Waals surface area contributed by atoms with E-state index in [0.717, 1.165) is 6.54 Å². The Hall–Kier alpha value is -1.76. The highest BCUT2D eigenvalue weighted by Crippen LogP contribution is 2.20. The van der Waals surface area contributed by atoms with Gasteiger partial charge in [0.05, 0.1) is 0 Å². The minimum atomic E-state index is 0.879. The fourth-order valence-corrected chi connectivity index (χ4v) is 1.94. The molecular weight excluding hydrogens is 206 g/mol. The predicted molar refractivity (Wildman–Crippen MR) is 74.4 cm³/mol. The fourth-order valence-electron chi connectivity index (χ4n) is 1.94. The second-order valence-corrected chi connectivity index (χ2v) is 4.59. The van der Waals surface area contributed by atoms with E-state index >= 15 is 0 Å². The van der Waals surface area contributed by atoms with Crippen LogP contribution in [0.15, 0.2) is 42.5 Å². The molecule has 0 heterocycles. The Labute approximate surface area is 103 Å². The molecule has 17 heavy (non-hydrogen) atoms. The first-order valence-electron chi connectivity index (χ1n) is 6.02. The van der Waals surface area contributed by atoms with Crippen LogP contribution >= 0.6 is 0 Å². The van der Waals surface area contributed by atoms with Gasteiger partial charge in [-0.15, -0.1) is 0 Å². The van der Waals surface area contributed by atoms with Gasteiger partial charge < -0.3 is 5.32 Å². The largest absolute Gasteiger partial charge is 0.381 e. The van der Waals surface area contributed by atoms with Gasteiger partial charge in [0, 0.05) is 12.2 Å². The number of hydrogen-bond acceptors (Lipinski definition) is 1. The zero-order valence-electron chi connectivity index (χ0n) is 10.7. The van der Waals surface area contributed by atoms with Crippen molar-refractivity contribution in [3.63, 3.8) is 0 Å². The van der Waals surface area contributed by atoms with Crippen molar-refractivity contribution in [2.75, 3.05) is 5.32 Å². The Morgan fingerprint density at radius 1 is 0.824 bits per heavy atom. The quantitative estimate of drug-likeness (QED) is 0.824. The summed E-state index contributed by atoms with van der Waals surface area (Å²) in [6, 6.07) is 14.9. The van der Waals surface area contributed by atoms with E-state index < -0.39 is 0 Å². The molecule has 0 amide bonds. The van der Waals surface area contributed by atoms with Gasteiger partial charge in [0.1, 0.15) is 0 Å². The third-order valence-corrected chi connectivity index (χ3v) is 3.17. The van der Waals surface area contributed by atoms with Gasteiger partial charge in [-0.1, -0.05) is 36.4 Å². The van der Waals surface area contributed by atoms with Crippen LogP contribution in [0.1, 0.15) is 22.3 Å². The molecule has 0 aliphatic heterocycles. The van der Waals surface area contributed by atoms with E-state index in [1.165, 1.54) is 27.9 Å². The normalized spacial score (nSPS) is 10.3. The van der Waals surface area contributed by atoms with Crippen molar-refractivity contribution < 1.29 is 0 Å². The van der Waals surface area contributed by atoms with Gasteiger partial charge in [0.25, 0.3) is 0 Å². The van der Waals surface area contributed by atoms with Crippen LogP contribution in [0, 0.1) is 20.8 Å². The summed E-state index contributed by atoms with van der Waals surface area (Å²) in [5.74, 6) is 0. The second-order valence-electron chi connectivity index (χ2n) is 4.59. The molecule has 2 aromatic carbocycles. The summed E-state index contributed by atoms with van der Waals surface area (Å²) in [6.07, 6.45) is 0. The number of rotatable bonds is 3. The summed E-state index contributed by atoms with van der Waals surface area (Å²) in [7, 11) is 0. The zero-order valence-corrected chi connectivity index (χ0v) is 10.7. The van der Waals surface area contributed by atoms with Gasteiger partial charge in [-0.25, -0.2) is 0 Å². The molecule has 0 bridgehead atoms. The third kappa shape index (κ3) is 2.88. The third-order valence-electron chi connectivity index (χ3n) is 3.17. The molecule has 88 valence electrons. The molecule has 1 heteroatoms. The maximum atomic E-state index is 3.50. The second kappa shape index (κ2) is 5.05. The standard InChI is InChI=1S/C16H19N/c1-12-9-14(3)16(10-13(12)2)17-11-15-7-5-4-6-8-15/h4-10,17H,11H2,1-3H3. The smallest absolute Gasteiger partial charge is 0.0400 e. The zero-order chi connectivity index (χ0) is 12.3. The summed E-state index contributed by atoms with van der Waals surface area (Å²) in [6.45, 7) is 7.34. The van der Waals surface area contributed by atoms with Crippen LogP contribution in [-0.4, -0.2) is 0 Å². The monoisotopic (exact) mass is 225 g/mol. The molecule has 1 N–H and O–H groups in total. The van der Waals surface area contributed by atoms with Crippen LogP contribution in [0.2, 0.25) is 0 Å². The molecule has 0 atom stereocenters. The average molecular weight is 225 g/mol. The van der Waals surface area contributed by atoms with Gasteiger partial charge in [-0.3, -0.25) is 0 Å². The number of benzene rings is 2. The van der Waals surface area contributed by atoms with Gasteiger partial charge in [-0.05, 0) is 49.1 Å². The lowest BCUT2D eigenvalue weighted by molar-refractivity contribution is 1.13. The molecule has 0 saturated carbocycles. The SMILES string of the molecule is Cc1cc(C)c(NCc2ccccc2)cc1C. The molecule has 0 fully saturated rings. The molecule has 0 spiro atoms. The number of anilines is 1. The average Bonchev–Trinajstić information content (AvgIpc) is 2.33. The highest BCUT2D eigenvalue weighted by atomic mass is 14.9. The van der Waals surface area contributed by atoms with Crippen molar-refractivity contribution in [2.45, 2.75) is 27.3 Å². The van der Waals surface area contributed by atoms with Gasteiger partial charge >= 0.3 is 0 Å². The van der Waals surface area contributed by atoms with Crippen molar-refractivity contribution in [1.82, 2.24) is 0 Å². The van der Waals surface area contributed by atoms with Crippen LogP contribution in [-0.2, 0) is 6.54 Å². The van der Waals surface area contributed by atoms with Crippen molar-refractivity contribution >= 4 is 5.69 Å². The Balaban J connectivity index is 2.12. The Kier molecular flexibility index (Phi) is 3.48. The Morgan fingerprint density at radius 3 is 2.18 bits per heavy atom. The molecule has 2 rings (SSSR count). The maximum Gasteiger partial charge on any atom is 0.0400 e. The van der Waals surface area contributed by atoms with Crippen molar-refractivity contribution in [3.8, 4) is 0 Å². The molecule has 0 aliphatic rings. The Bertz CT molecular complexity index is 500. The van der Waals surface area contributed by atoms with Crippen LogP contribution < -0.4 is 5.32 Å². The lowest BCUT2D eigenvalue weighted by Gasteiger charge is -2.12. The molecule has 0 saturated heterocycles. The van der Waals surface area contributed by atoms with Crippen molar-refractivity contribution in [1.29, 1.82) is 0 Å². The predicted octanol–water partition coefficient (Wildman–Crippen LogP) is 4.22. The summed E-state index contributed by atoms with van der Waals surface area (Å²) in [5.41, 5.74) is 6.55. The van der Waals surface area contributed by atoms with Crippen LogP contribution in [0.5, 0.6) is 0 Å².